The number of aromatic nitrogens is 4. The number of β-amino-alcohol motifs (C(OH)–C–C–N with tert-alkyl or cyclic N) is 1. The number of carbonyl (C=O) groups is 3. The van der Waals surface area contributed by atoms with Gasteiger partial charge in [-0.2, -0.15) is 0 Å². The van der Waals surface area contributed by atoms with Gasteiger partial charge in [-0.05, 0) is 80.3 Å². The van der Waals surface area contributed by atoms with E-state index in [2.05, 4.69) is 57.6 Å². The van der Waals surface area contributed by atoms with E-state index in [1.165, 1.54) is 4.90 Å². The van der Waals surface area contributed by atoms with E-state index in [4.69, 9.17) is 15.2 Å². The van der Waals surface area contributed by atoms with Crippen LogP contribution in [0.4, 0.5) is 17.2 Å². The van der Waals surface area contributed by atoms with Crippen molar-refractivity contribution in [3.8, 4) is 33.3 Å². The van der Waals surface area contributed by atoms with Gasteiger partial charge in [-0.3, -0.25) is 19.3 Å². The molecule has 392 valence electrons. The molecule has 5 fully saturated rings. The molecule has 4 aliphatic heterocycles. The smallest absolute Gasteiger partial charge is 0.246 e. The number of aromatic hydroxyl groups is 1. The third-order valence-corrected chi connectivity index (χ3v) is 16.5. The van der Waals surface area contributed by atoms with E-state index in [1.807, 2.05) is 88.8 Å². The Morgan fingerprint density at radius 2 is 1.61 bits per heavy atom. The van der Waals surface area contributed by atoms with Crippen LogP contribution in [0.25, 0.3) is 21.7 Å². The molecule has 3 amide bonds. The molecule has 2 aromatic carbocycles. The second-order valence-corrected chi connectivity index (χ2v) is 22.7. The quantitative estimate of drug-likeness (QED) is 0.0826. The number of nitrogens with one attached hydrogen (secondary N) is 2. The number of aliphatic hydroxyl groups excluding tert-OH is 1. The number of hydrogen-bond donors (Lipinski definition) is 5. The Hall–Kier alpha value is -6.41. The van der Waals surface area contributed by atoms with Gasteiger partial charge in [0.15, 0.2) is 5.82 Å². The molecule has 19 heteroatoms. The molecule has 7 heterocycles. The van der Waals surface area contributed by atoms with Gasteiger partial charge >= 0.3 is 0 Å². The molecule has 18 nitrogen and oxygen atoms in total. The lowest BCUT2D eigenvalue weighted by atomic mass is 9.85. The maximum absolute atomic E-state index is 14.3. The SMILES string of the molecule is Cc1ncsc1-c1ccc([C@H](C)NC(=O)[C@@H]2C[C@@H](O)CN2C(=O)[C@@H](NC(=O)CN2CCC(OC3CC(Oc4cc(N5C6CC[C@@H]5CN(c5cc(-c7ccccc7O)nnc5N)C6)ccn4)C3)CC2)C(C)(C)C)cc1. The van der Waals surface area contributed by atoms with E-state index < -0.39 is 23.6 Å². The number of benzene rings is 2. The molecule has 1 aliphatic carbocycles. The van der Waals surface area contributed by atoms with Crippen molar-refractivity contribution in [2.45, 2.75) is 134 Å². The number of rotatable bonds is 15. The molecule has 4 saturated heterocycles. The summed E-state index contributed by atoms with van der Waals surface area (Å²) in [6.07, 6.45) is 6.51. The highest BCUT2D eigenvalue weighted by atomic mass is 32.1. The maximum atomic E-state index is 14.3. The minimum atomic E-state index is -0.905. The largest absolute Gasteiger partial charge is 0.507 e. The highest BCUT2D eigenvalue weighted by Crippen LogP contribution is 2.40. The number of likely N-dealkylation sites (tertiary alicyclic amines) is 2. The molecule has 0 radical (unpaired) electrons. The van der Waals surface area contributed by atoms with Gasteiger partial charge in [-0.1, -0.05) is 57.2 Å². The summed E-state index contributed by atoms with van der Waals surface area (Å²) >= 11 is 1.58. The number of fused-ring (bicyclic) bond motifs is 2. The minimum absolute atomic E-state index is 0.0107. The van der Waals surface area contributed by atoms with E-state index in [1.54, 1.807) is 23.5 Å². The van der Waals surface area contributed by atoms with E-state index in [9.17, 15) is 24.6 Å². The highest BCUT2D eigenvalue weighted by Gasteiger charge is 2.46. The fourth-order valence-electron chi connectivity index (χ4n) is 11.4. The Labute approximate surface area is 436 Å². The molecule has 74 heavy (non-hydrogen) atoms. The number of nitrogens with two attached hydrogens (primary N) is 1. The van der Waals surface area contributed by atoms with Crippen molar-refractivity contribution in [1.29, 1.82) is 0 Å². The second-order valence-electron chi connectivity index (χ2n) is 21.9. The third-order valence-electron chi connectivity index (χ3n) is 15.5. The molecule has 0 spiro atoms. The number of para-hydroxylation sites is 1. The van der Waals surface area contributed by atoms with Gasteiger partial charge < -0.3 is 50.8 Å². The first-order valence-electron chi connectivity index (χ1n) is 26.1. The number of phenols is 1. The lowest BCUT2D eigenvalue weighted by Gasteiger charge is -2.43. The van der Waals surface area contributed by atoms with Gasteiger partial charge in [0.2, 0.25) is 23.6 Å². The van der Waals surface area contributed by atoms with Crippen molar-refractivity contribution in [1.82, 2.24) is 40.6 Å². The fourth-order valence-corrected chi connectivity index (χ4v) is 12.2. The van der Waals surface area contributed by atoms with Crippen LogP contribution in [-0.2, 0) is 19.1 Å². The molecule has 1 unspecified atom stereocenters. The van der Waals surface area contributed by atoms with Crippen molar-refractivity contribution in [2.75, 3.05) is 54.8 Å². The van der Waals surface area contributed by atoms with Crippen LogP contribution in [0.5, 0.6) is 11.6 Å². The van der Waals surface area contributed by atoms with Gasteiger partial charge in [0.1, 0.15) is 23.9 Å². The third kappa shape index (κ3) is 11.2. The summed E-state index contributed by atoms with van der Waals surface area (Å²) < 4.78 is 12.9. The normalized spacial score (nSPS) is 24.1. The summed E-state index contributed by atoms with van der Waals surface area (Å²) in [5, 5.41) is 35.8. The predicted octanol–water partition coefficient (Wildman–Crippen LogP) is 5.88. The van der Waals surface area contributed by atoms with E-state index in [-0.39, 0.29) is 79.4 Å². The summed E-state index contributed by atoms with van der Waals surface area (Å²) in [4.78, 5) is 60.1. The van der Waals surface area contributed by atoms with Gasteiger partial charge in [0.05, 0.1) is 58.4 Å². The molecule has 6 atom stereocenters. The van der Waals surface area contributed by atoms with Crippen molar-refractivity contribution < 1.29 is 34.1 Å². The first-order valence-corrected chi connectivity index (χ1v) is 27.0. The summed E-state index contributed by atoms with van der Waals surface area (Å²) in [6.45, 7) is 12.6. The van der Waals surface area contributed by atoms with Gasteiger partial charge in [-0.15, -0.1) is 21.5 Å². The highest BCUT2D eigenvalue weighted by molar-refractivity contribution is 7.13. The molecule has 3 aromatic heterocycles. The maximum Gasteiger partial charge on any atom is 0.246 e. The molecule has 2 bridgehead atoms. The van der Waals surface area contributed by atoms with Crippen LogP contribution in [0.1, 0.15) is 89.9 Å². The number of carbonyl (C=O) groups excluding carboxylic acids is 3. The zero-order valence-corrected chi connectivity index (χ0v) is 43.7. The first-order chi connectivity index (χ1) is 35.5. The number of nitrogens with zero attached hydrogens (tertiary/aromatic N) is 8. The number of piperazine rings is 1. The first kappa shape index (κ1) is 51.1. The number of aliphatic hydroxyl groups is 1. The molecule has 6 N–H and O–H groups in total. The number of aryl methyl sites for hydroxylation is 1. The van der Waals surface area contributed by atoms with Crippen LogP contribution in [-0.4, -0.2) is 146 Å². The standard InChI is InChI=1S/C55H69N11O7S/c1-32(34-10-12-35(13-11-34)50-33(2)58-31-74-50)59-53(70)46-23-39(67)29-65(46)54(71)51(55(3,4)5)60-48(69)30-63-20-17-40(18-21-63)72-41-24-42(25-41)73-49-22-36(16-19-57-49)66-37-14-15-38(66)28-64(27-37)45-26-44(61-62-52(45)56)43-8-6-7-9-47(43)68/h6-13,16,19,22,26,31-32,37-42,46,51,67-68H,14-15,17-18,20-21,23-25,27-30H2,1-5H3,(H2,56,62)(H,59,70)(H,60,69)/t32-,37+,38?,39+,41?,42?,46-,51+/m0/s1. The fraction of sp³-hybridized carbons (Fsp3) is 0.509. The Morgan fingerprint density at radius 1 is 0.878 bits per heavy atom. The van der Waals surface area contributed by atoms with Crippen molar-refractivity contribution in [3.63, 3.8) is 0 Å². The van der Waals surface area contributed by atoms with Crippen LogP contribution in [0.2, 0.25) is 0 Å². The Kier molecular flexibility index (Phi) is 14.8. The van der Waals surface area contributed by atoms with E-state index in [0.717, 1.165) is 84.7 Å². The number of ether oxygens (including phenoxy) is 2. The molecule has 1 saturated carbocycles. The molecular formula is C55H69N11O7S. The Bertz CT molecular complexity index is 2800. The minimum Gasteiger partial charge on any atom is -0.507 e. The number of nitrogen functional groups attached to an aromatic ring is 1. The van der Waals surface area contributed by atoms with Crippen LogP contribution in [0, 0.1) is 12.3 Å². The number of amides is 3. The number of anilines is 3. The summed E-state index contributed by atoms with van der Waals surface area (Å²) in [7, 11) is 0. The van der Waals surface area contributed by atoms with E-state index >= 15 is 0 Å². The Morgan fingerprint density at radius 3 is 2.30 bits per heavy atom. The van der Waals surface area contributed by atoms with Crippen LogP contribution in [0.3, 0.4) is 0 Å². The zero-order chi connectivity index (χ0) is 51.8. The number of piperidine rings is 1. The molecular weight excluding hydrogens is 959 g/mol. The van der Waals surface area contributed by atoms with Crippen molar-refractivity contribution >= 4 is 46.3 Å². The Balaban J connectivity index is 0.661. The van der Waals surface area contributed by atoms with Crippen LogP contribution >= 0.6 is 11.3 Å². The molecule has 5 aromatic rings. The van der Waals surface area contributed by atoms with Gasteiger partial charge in [-0.25, -0.2) is 9.97 Å². The lowest BCUT2D eigenvalue weighted by molar-refractivity contribution is -0.144. The zero-order valence-electron chi connectivity index (χ0n) is 42.9. The average molecular weight is 1030 g/mol. The molecule has 10 rings (SSSR count). The molecule has 5 aliphatic rings. The number of hydrogen-bond acceptors (Lipinski definition) is 16. The number of phenolic OH excluding ortho intramolecular Hbond substituents is 1. The van der Waals surface area contributed by atoms with Crippen LogP contribution < -0.4 is 30.9 Å². The number of thiazole rings is 1. The van der Waals surface area contributed by atoms with Gasteiger partial charge in [0.25, 0.3) is 0 Å². The monoisotopic (exact) mass is 1030 g/mol. The van der Waals surface area contributed by atoms with Gasteiger partial charge in [0, 0.05) is 87.6 Å². The van der Waals surface area contributed by atoms with E-state index in [0.29, 0.717) is 36.0 Å². The van der Waals surface area contributed by atoms with Crippen molar-refractivity contribution in [3.05, 3.63) is 89.7 Å². The predicted molar refractivity (Wildman–Crippen MR) is 284 cm³/mol. The second kappa shape index (κ2) is 21.4. The summed E-state index contributed by atoms with van der Waals surface area (Å²) in [6, 6.07) is 19.6. The lowest BCUT2D eigenvalue weighted by Crippen LogP contribution is -2.59. The topological polar surface area (TPSA) is 225 Å². The summed E-state index contributed by atoms with van der Waals surface area (Å²) in [5.41, 5.74) is 13.6. The number of pyridine rings is 1. The average Bonchev–Trinajstić information content (AvgIpc) is 4.06. The van der Waals surface area contributed by atoms with Crippen LogP contribution in [0.15, 0.2) is 78.4 Å². The summed E-state index contributed by atoms with van der Waals surface area (Å²) in [5.74, 6) is 0.148. The van der Waals surface area contributed by atoms with Crippen molar-refractivity contribution in [2.24, 2.45) is 5.41 Å².